The van der Waals surface area contributed by atoms with Crippen molar-refractivity contribution >= 4 is 16.8 Å². The van der Waals surface area contributed by atoms with Crippen LogP contribution in [0.4, 0.5) is 10.2 Å². The Bertz CT molecular complexity index is 1130. The minimum absolute atomic E-state index is 0.262. The molecule has 6 rings (SSSR count). The summed E-state index contributed by atoms with van der Waals surface area (Å²) < 4.78 is 26.1. The van der Waals surface area contributed by atoms with Gasteiger partial charge in [-0.25, -0.2) is 4.39 Å². The van der Waals surface area contributed by atoms with Crippen molar-refractivity contribution in [3.8, 4) is 5.75 Å². The fourth-order valence-electron chi connectivity index (χ4n) is 5.88. The van der Waals surface area contributed by atoms with Gasteiger partial charge >= 0.3 is 0 Å². The number of ether oxygens (including phenoxy) is 1. The van der Waals surface area contributed by atoms with Crippen LogP contribution in [0, 0.1) is 11.7 Å². The highest BCUT2D eigenvalue weighted by molar-refractivity contribution is 5.89. The van der Waals surface area contributed by atoms with Crippen molar-refractivity contribution in [3.05, 3.63) is 53.8 Å². The molecule has 7 heteroatoms. The predicted molar refractivity (Wildman–Crippen MR) is 131 cm³/mol. The second kappa shape index (κ2) is 9.55. The average Bonchev–Trinajstić information content (AvgIpc) is 3.53. The van der Waals surface area contributed by atoms with Crippen LogP contribution in [0.3, 0.4) is 0 Å². The molecule has 3 aromatic rings. The van der Waals surface area contributed by atoms with Gasteiger partial charge in [-0.1, -0.05) is 23.4 Å². The maximum absolute atomic E-state index is 14.4. The van der Waals surface area contributed by atoms with Gasteiger partial charge in [-0.2, -0.15) is 0 Å². The molecule has 2 aromatic carbocycles. The molecule has 180 valence electrons. The topological polar surface area (TPSA) is 45.0 Å². The van der Waals surface area contributed by atoms with Crippen LogP contribution in [0.1, 0.15) is 31.2 Å². The summed E-state index contributed by atoms with van der Waals surface area (Å²) in [6.07, 6.45) is 4.91. The van der Waals surface area contributed by atoms with Crippen LogP contribution in [0.15, 0.2) is 47.0 Å². The molecule has 6 nitrogen and oxygen atoms in total. The van der Waals surface area contributed by atoms with E-state index in [1.165, 1.54) is 37.6 Å². The maximum atomic E-state index is 14.4. The SMILES string of the molecule is Fc1cccc2onc(N3CCN4C[C@H](COc5cccc(CN6CCCC6)c5)CC[C@@H]4C3)c12. The molecule has 34 heavy (non-hydrogen) atoms. The van der Waals surface area contributed by atoms with E-state index in [2.05, 4.69) is 44.1 Å². The zero-order chi connectivity index (χ0) is 22.9. The smallest absolute Gasteiger partial charge is 0.183 e. The van der Waals surface area contributed by atoms with Crippen molar-refractivity contribution in [1.82, 2.24) is 15.0 Å². The molecule has 0 unspecified atom stereocenters. The van der Waals surface area contributed by atoms with E-state index >= 15 is 0 Å². The van der Waals surface area contributed by atoms with Gasteiger partial charge in [-0.3, -0.25) is 9.80 Å². The van der Waals surface area contributed by atoms with Gasteiger partial charge < -0.3 is 14.2 Å². The number of benzene rings is 2. The summed E-state index contributed by atoms with van der Waals surface area (Å²) >= 11 is 0. The first-order valence-electron chi connectivity index (χ1n) is 12.7. The van der Waals surface area contributed by atoms with Gasteiger partial charge in [0.2, 0.25) is 0 Å². The lowest BCUT2D eigenvalue weighted by atomic mass is 9.91. The fourth-order valence-corrected chi connectivity index (χ4v) is 5.88. The van der Waals surface area contributed by atoms with Crippen LogP contribution in [0.2, 0.25) is 0 Å². The Morgan fingerprint density at radius 1 is 1.00 bits per heavy atom. The highest BCUT2D eigenvalue weighted by Gasteiger charge is 2.34. The Kier molecular flexibility index (Phi) is 6.14. The number of anilines is 1. The van der Waals surface area contributed by atoms with Gasteiger partial charge in [0, 0.05) is 44.7 Å². The van der Waals surface area contributed by atoms with Crippen LogP contribution in [-0.4, -0.2) is 66.9 Å². The number of piperidine rings is 1. The second-order valence-electron chi connectivity index (χ2n) is 10.1. The number of likely N-dealkylation sites (tertiary alicyclic amines) is 1. The van der Waals surface area contributed by atoms with E-state index in [1.54, 1.807) is 12.1 Å². The van der Waals surface area contributed by atoms with Crippen LogP contribution in [0.25, 0.3) is 11.0 Å². The van der Waals surface area contributed by atoms with Gasteiger partial charge in [0.05, 0.1) is 6.61 Å². The van der Waals surface area contributed by atoms with Gasteiger partial charge in [-0.15, -0.1) is 0 Å². The van der Waals surface area contributed by atoms with E-state index < -0.39 is 0 Å². The molecule has 3 fully saturated rings. The summed E-state index contributed by atoms with van der Waals surface area (Å²) in [6.45, 7) is 7.92. The maximum Gasteiger partial charge on any atom is 0.183 e. The third kappa shape index (κ3) is 4.51. The highest BCUT2D eigenvalue weighted by atomic mass is 19.1. The first-order valence-corrected chi connectivity index (χ1v) is 12.7. The minimum Gasteiger partial charge on any atom is -0.493 e. The van der Waals surface area contributed by atoms with Gasteiger partial charge in [0.15, 0.2) is 11.4 Å². The summed E-state index contributed by atoms with van der Waals surface area (Å²) in [5, 5.41) is 4.71. The third-order valence-corrected chi connectivity index (χ3v) is 7.72. The van der Waals surface area contributed by atoms with Crippen LogP contribution in [0.5, 0.6) is 5.75 Å². The quantitative estimate of drug-likeness (QED) is 0.534. The van der Waals surface area contributed by atoms with Crippen LogP contribution < -0.4 is 9.64 Å². The predicted octanol–water partition coefficient (Wildman–Crippen LogP) is 4.54. The summed E-state index contributed by atoms with van der Waals surface area (Å²) in [6, 6.07) is 14.0. The van der Waals surface area contributed by atoms with Crippen molar-refractivity contribution in [1.29, 1.82) is 0 Å². The van der Waals surface area contributed by atoms with E-state index in [9.17, 15) is 4.39 Å². The first-order chi connectivity index (χ1) is 16.7. The molecule has 1 aromatic heterocycles. The Hall–Kier alpha value is -2.64. The molecule has 4 heterocycles. The van der Waals surface area contributed by atoms with E-state index in [0.29, 0.717) is 28.7 Å². The van der Waals surface area contributed by atoms with E-state index in [1.807, 2.05) is 0 Å². The number of hydrogen-bond acceptors (Lipinski definition) is 6. The summed E-state index contributed by atoms with van der Waals surface area (Å²) in [5.41, 5.74) is 1.86. The minimum atomic E-state index is -0.262. The average molecular weight is 465 g/mol. The number of fused-ring (bicyclic) bond motifs is 2. The number of nitrogens with zero attached hydrogens (tertiary/aromatic N) is 4. The molecule has 0 radical (unpaired) electrons. The van der Waals surface area contributed by atoms with Crippen LogP contribution in [-0.2, 0) is 6.54 Å². The van der Waals surface area contributed by atoms with Gasteiger partial charge in [0.25, 0.3) is 0 Å². The third-order valence-electron chi connectivity index (χ3n) is 7.72. The molecular weight excluding hydrogens is 431 g/mol. The van der Waals surface area contributed by atoms with Gasteiger partial charge in [0.1, 0.15) is 17.0 Å². The summed E-state index contributed by atoms with van der Waals surface area (Å²) in [7, 11) is 0. The lowest BCUT2D eigenvalue weighted by Crippen LogP contribution is -2.57. The molecule has 0 aliphatic carbocycles. The van der Waals surface area contributed by atoms with Crippen molar-refractivity contribution in [2.24, 2.45) is 5.92 Å². The number of aromatic nitrogens is 1. The number of piperazine rings is 1. The normalized spacial score (nSPS) is 24.0. The molecule has 3 aliphatic rings. The van der Waals surface area contributed by atoms with Crippen molar-refractivity contribution < 1.29 is 13.7 Å². The number of halogens is 1. The highest BCUT2D eigenvalue weighted by Crippen LogP contribution is 2.32. The van der Waals surface area contributed by atoms with Crippen molar-refractivity contribution in [2.45, 2.75) is 38.3 Å². The fraction of sp³-hybridized carbons (Fsp3) is 0.519. The zero-order valence-corrected chi connectivity index (χ0v) is 19.7. The zero-order valence-electron chi connectivity index (χ0n) is 19.7. The summed E-state index contributed by atoms with van der Waals surface area (Å²) in [4.78, 5) is 7.30. The molecule has 0 amide bonds. The Morgan fingerprint density at radius 2 is 1.88 bits per heavy atom. The van der Waals surface area contributed by atoms with Gasteiger partial charge in [-0.05, 0) is 68.6 Å². The lowest BCUT2D eigenvalue weighted by Gasteiger charge is -2.46. The van der Waals surface area contributed by atoms with E-state index in [4.69, 9.17) is 9.26 Å². The molecular formula is C27H33FN4O2. The standard InChI is InChI=1S/C27H33FN4O2/c28-24-7-4-8-25-26(24)27(29-34-25)32-14-13-31-17-21(9-10-22(31)18-32)19-33-23-6-3-5-20(15-23)16-30-11-1-2-12-30/h3-8,15,21-22H,1-2,9-14,16-19H2/t21-,22-/m1/s1. The van der Waals surface area contributed by atoms with Crippen molar-refractivity contribution in [3.63, 3.8) is 0 Å². The number of rotatable bonds is 6. The number of hydrogen-bond donors (Lipinski definition) is 0. The largest absolute Gasteiger partial charge is 0.493 e. The molecule has 3 aliphatic heterocycles. The van der Waals surface area contributed by atoms with Crippen molar-refractivity contribution in [2.75, 3.05) is 50.8 Å². The Labute approximate surface area is 200 Å². The first kappa shape index (κ1) is 21.9. The molecule has 0 bridgehead atoms. The van der Waals surface area contributed by atoms with Crippen LogP contribution >= 0.6 is 0 Å². The molecule has 0 N–H and O–H groups in total. The lowest BCUT2D eigenvalue weighted by molar-refractivity contribution is 0.0726. The molecule has 3 saturated heterocycles. The Morgan fingerprint density at radius 3 is 2.79 bits per heavy atom. The van der Waals surface area contributed by atoms with E-state index in [0.717, 1.165) is 57.9 Å². The molecule has 0 spiro atoms. The second-order valence-corrected chi connectivity index (χ2v) is 10.1. The summed E-state index contributed by atoms with van der Waals surface area (Å²) in [5.74, 6) is 1.91. The monoisotopic (exact) mass is 464 g/mol. The molecule has 0 saturated carbocycles. The molecule has 2 atom stereocenters. The van der Waals surface area contributed by atoms with E-state index in [-0.39, 0.29) is 5.82 Å². The Balaban J connectivity index is 1.03.